The van der Waals surface area contributed by atoms with E-state index in [4.69, 9.17) is 21.6 Å². The van der Waals surface area contributed by atoms with Crippen LogP contribution < -0.4 is 10.1 Å². The summed E-state index contributed by atoms with van der Waals surface area (Å²) in [6.45, 7) is 0. The van der Waals surface area contributed by atoms with E-state index in [0.717, 1.165) is 4.88 Å². The molecule has 21 heavy (non-hydrogen) atoms. The van der Waals surface area contributed by atoms with Crippen LogP contribution in [0.3, 0.4) is 0 Å². The lowest BCUT2D eigenvalue weighted by atomic mass is 10.2. The summed E-state index contributed by atoms with van der Waals surface area (Å²) in [5, 5.41) is 11.8. The molecule has 0 aliphatic rings. The number of nitrogens with one attached hydrogen (secondary N) is 1. The maximum Gasteiger partial charge on any atom is 0.266 e. The van der Waals surface area contributed by atoms with Gasteiger partial charge >= 0.3 is 0 Å². The van der Waals surface area contributed by atoms with E-state index in [1.54, 1.807) is 43.5 Å². The van der Waals surface area contributed by atoms with Crippen molar-refractivity contribution in [1.29, 1.82) is 5.26 Å². The van der Waals surface area contributed by atoms with Crippen LogP contribution in [-0.4, -0.2) is 13.0 Å². The lowest BCUT2D eigenvalue weighted by Gasteiger charge is -2.06. The number of hydrogen-bond donors (Lipinski definition) is 1. The summed E-state index contributed by atoms with van der Waals surface area (Å²) in [6, 6.07) is 12.3. The van der Waals surface area contributed by atoms with Gasteiger partial charge < -0.3 is 10.1 Å². The van der Waals surface area contributed by atoms with Gasteiger partial charge in [0.05, 0.1) is 11.4 Å². The van der Waals surface area contributed by atoms with E-state index in [1.807, 2.05) is 6.07 Å². The number of hydrogen-bond acceptors (Lipinski definition) is 4. The molecule has 6 heteroatoms. The Morgan fingerprint density at radius 1 is 1.43 bits per heavy atom. The molecule has 1 aromatic carbocycles. The fraction of sp³-hybridized carbons (Fsp3) is 0.0667. The number of benzene rings is 1. The van der Waals surface area contributed by atoms with Gasteiger partial charge in [-0.15, -0.1) is 11.3 Å². The lowest BCUT2D eigenvalue weighted by molar-refractivity contribution is -0.112. The Kier molecular flexibility index (Phi) is 4.99. The zero-order valence-corrected chi connectivity index (χ0v) is 12.7. The Morgan fingerprint density at radius 3 is 2.86 bits per heavy atom. The topological polar surface area (TPSA) is 62.1 Å². The molecule has 0 bridgehead atoms. The number of nitrogens with zero attached hydrogens (tertiary/aromatic N) is 1. The number of carbonyl (C=O) groups is 1. The number of amides is 1. The van der Waals surface area contributed by atoms with Crippen LogP contribution in [0.4, 0.5) is 5.69 Å². The van der Waals surface area contributed by atoms with Crippen LogP contribution in [-0.2, 0) is 4.79 Å². The normalized spacial score (nSPS) is 10.8. The second-order valence-electron chi connectivity index (χ2n) is 4.00. The van der Waals surface area contributed by atoms with Gasteiger partial charge in [-0.3, -0.25) is 4.79 Å². The van der Waals surface area contributed by atoms with E-state index in [9.17, 15) is 4.79 Å². The molecule has 106 valence electrons. The van der Waals surface area contributed by atoms with E-state index >= 15 is 0 Å². The first kappa shape index (κ1) is 15.1. The molecule has 0 aliphatic carbocycles. The molecular formula is C15H11ClN2O2S. The third kappa shape index (κ3) is 4.09. The summed E-state index contributed by atoms with van der Waals surface area (Å²) >= 11 is 7.12. The number of anilines is 1. The zero-order chi connectivity index (χ0) is 15.2. The van der Waals surface area contributed by atoms with Crippen LogP contribution in [0.1, 0.15) is 4.88 Å². The fourth-order valence-electron chi connectivity index (χ4n) is 1.60. The van der Waals surface area contributed by atoms with E-state index in [0.29, 0.717) is 15.8 Å². The molecule has 0 atom stereocenters. The third-order valence-corrected chi connectivity index (χ3v) is 3.75. The number of rotatable bonds is 4. The first-order valence-electron chi connectivity index (χ1n) is 5.95. The summed E-state index contributed by atoms with van der Waals surface area (Å²) in [5.41, 5.74) is 0.570. The number of carbonyl (C=O) groups excluding carboxylic acids is 1. The minimum atomic E-state index is -0.477. The summed E-state index contributed by atoms with van der Waals surface area (Å²) in [4.78, 5) is 12.8. The predicted molar refractivity (Wildman–Crippen MR) is 84.5 cm³/mol. The van der Waals surface area contributed by atoms with Crippen LogP contribution in [0.25, 0.3) is 6.08 Å². The van der Waals surface area contributed by atoms with Crippen LogP contribution in [0, 0.1) is 11.3 Å². The highest BCUT2D eigenvalue weighted by Crippen LogP contribution is 2.24. The Bertz CT molecular complexity index is 731. The molecule has 1 N–H and O–H groups in total. The Labute approximate surface area is 131 Å². The first-order chi connectivity index (χ1) is 10.1. The minimum Gasteiger partial charge on any atom is -0.497 e. The lowest BCUT2D eigenvalue weighted by Crippen LogP contribution is -2.13. The smallest absolute Gasteiger partial charge is 0.266 e. The molecule has 0 saturated carbocycles. The van der Waals surface area contributed by atoms with Gasteiger partial charge in [0.25, 0.3) is 5.91 Å². The summed E-state index contributed by atoms with van der Waals surface area (Å²) in [7, 11) is 1.54. The highest BCUT2D eigenvalue weighted by Gasteiger charge is 2.10. The number of halogens is 1. The highest BCUT2D eigenvalue weighted by atomic mass is 35.5. The SMILES string of the molecule is COc1cccc(NC(=O)/C(C#N)=C/c2ccc(Cl)s2)c1. The first-order valence-corrected chi connectivity index (χ1v) is 7.14. The minimum absolute atomic E-state index is 0.0105. The molecular weight excluding hydrogens is 308 g/mol. The van der Waals surface area contributed by atoms with Crippen molar-refractivity contribution in [3.63, 3.8) is 0 Å². The van der Waals surface area contributed by atoms with Gasteiger partial charge in [-0.1, -0.05) is 17.7 Å². The van der Waals surface area contributed by atoms with Crippen molar-refractivity contribution in [3.05, 3.63) is 51.2 Å². The second kappa shape index (κ2) is 6.93. The molecule has 0 radical (unpaired) electrons. The predicted octanol–water partition coefficient (Wildman–Crippen LogP) is 3.96. The number of nitriles is 1. The van der Waals surface area contributed by atoms with Gasteiger partial charge in [-0.05, 0) is 30.3 Å². The number of thiophene rings is 1. The highest BCUT2D eigenvalue weighted by molar-refractivity contribution is 7.17. The van der Waals surface area contributed by atoms with Crippen molar-refractivity contribution in [2.75, 3.05) is 12.4 Å². The third-order valence-electron chi connectivity index (χ3n) is 2.57. The molecule has 1 heterocycles. The summed E-state index contributed by atoms with van der Waals surface area (Å²) in [5.74, 6) is 0.149. The zero-order valence-electron chi connectivity index (χ0n) is 11.1. The molecule has 2 rings (SSSR count). The van der Waals surface area contributed by atoms with E-state index in [1.165, 1.54) is 17.4 Å². The Hall–Kier alpha value is -2.29. The average Bonchev–Trinajstić information content (AvgIpc) is 2.90. The maximum atomic E-state index is 12.1. The van der Waals surface area contributed by atoms with Crippen molar-refractivity contribution in [3.8, 4) is 11.8 Å². The van der Waals surface area contributed by atoms with E-state index in [-0.39, 0.29) is 5.57 Å². The molecule has 0 saturated heterocycles. The molecule has 0 fully saturated rings. The Balaban J connectivity index is 2.17. The van der Waals surface area contributed by atoms with Crippen molar-refractivity contribution >= 4 is 40.6 Å². The maximum absolute atomic E-state index is 12.1. The Morgan fingerprint density at radius 2 is 2.24 bits per heavy atom. The van der Waals surface area contributed by atoms with E-state index < -0.39 is 5.91 Å². The van der Waals surface area contributed by atoms with Crippen molar-refractivity contribution in [2.24, 2.45) is 0 Å². The molecule has 1 aromatic heterocycles. The van der Waals surface area contributed by atoms with Crippen LogP contribution in [0.15, 0.2) is 42.0 Å². The molecule has 1 amide bonds. The van der Waals surface area contributed by atoms with Gasteiger partial charge in [0.15, 0.2) is 0 Å². The second-order valence-corrected chi connectivity index (χ2v) is 5.74. The van der Waals surface area contributed by atoms with Gasteiger partial charge in [-0.25, -0.2) is 0 Å². The van der Waals surface area contributed by atoms with Gasteiger partial charge in [-0.2, -0.15) is 5.26 Å². The number of methoxy groups -OCH3 is 1. The van der Waals surface area contributed by atoms with Crippen molar-refractivity contribution in [2.45, 2.75) is 0 Å². The molecule has 0 spiro atoms. The fourth-order valence-corrected chi connectivity index (χ4v) is 2.60. The molecule has 2 aromatic rings. The van der Waals surface area contributed by atoms with Crippen molar-refractivity contribution < 1.29 is 9.53 Å². The molecule has 4 nitrogen and oxygen atoms in total. The van der Waals surface area contributed by atoms with Gasteiger partial charge in [0.1, 0.15) is 17.4 Å². The van der Waals surface area contributed by atoms with Gasteiger partial charge in [0, 0.05) is 16.6 Å². The monoisotopic (exact) mass is 318 g/mol. The number of ether oxygens (including phenoxy) is 1. The van der Waals surface area contributed by atoms with Crippen LogP contribution in [0.5, 0.6) is 5.75 Å². The largest absolute Gasteiger partial charge is 0.497 e. The standard InChI is InChI=1S/C15H11ClN2O2S/c1-20-12-4-2-3-11(8-12)18-15(19)10(9-17)7-13-5-6-14(16)21-13/h2-8H,1H3,(H,18,19)/b10-7+. The van der Waals surface area contributed by atoms with Crippen LogP contribution in [0.2, 0.25) is 4.34 Å². The van der Waals surface area contributed by atoms with E-state index in [2.05, 4.69) is 5.32 Å². The molecule has 0 unspecified atom stereocenters. The van der Waals surface area contributed by atoms with Crippen molar-refractivity contribution in [1.82, 2.24) is 0 Å². The summed E-state index contributed by atoms with van der Waals surface area (Å²) in [6.07, 6.45) is 1.51. The quantitative estimate of drug-likeness (QED) is 0.685. The average molecular weight is 319 g/mol. The van der Waals surface area contributed by atoms with Gasteiger partial charge in [0.2, 0.25) is 0 Å². The summed E-state index contributed by atoms with van der Waals surface area (Å²) < 4.78 is 5.68. The molecule has 0 aliphatic heterocycles. The van der Waals surface area contributed by atoms with Crippen LogP contribution >= 0.6 is 22.9 Å².